The molecule has 48 heavy (non-hydrogen) atoms. The van der Waals surface area contributed by atoms with Gasteiger partial charge in [0.1, 0.15) is 36.6 Å². The highest BCUT2D eigenvalue weighted by atomic mass is 16.5. The molecule has 1 amide bonds. The summed E-state index contributed by atoms with van der Waals surface area (Å²) in [7, 11) is 0. The zero-order valence-electron chi connectivity index (χ0n) is 27.2. The number of piperidine rings is 1. The minimum absolute atomic E-state index is 0.103. The summed E-state index contributed by atoms with van der Waals surface area (Å²) in [5.41, 5.74) is 5.82. The van der Waals surface area contributed by atoms with Crippen molar-refractivity contribution >= 4 is 5.91 Å². The summed E-state index contributed by atoms with van der Waals surface area (Å²) < 4.78 is 10.7. The maximum atomic E-state index is 12.4. The molecule has 4 aliphatic rings. The van der Waals surface area contributed by atoms with Gasteiger partial charge >= 0.3 is 0 Å². The number of amides is 1. The standard InChI is InChI=1S/C30H31NO6.C7H14O4/c1-3-18-5-8-20-21-9-6-19(7-10-24-27(34)29(36)28(35)25(17-32)37-24)16-23(21)30(22(20)15-18)11-13-31(14-12-30)26(33)4-2;1-4-7(10)6(9)2-5(3-8)11-4/h1,5-6,8-9,15-16,24-25,27-29,32,34-36H,4,11-14,17H2,2H3;4-10H,2-3H2,1H3/t24?,25?,27?,28-,29?;4-,5?,6?,7?/m11/s1. The molecule has 11 heteroatoms. The molecule has 3 heterocycles. The fraction of sp³-hybridized carbons (Fsp3) is 0.541. The second kappa shape index (κ2) is 15.1. The number of aliphatic hydroxyl groups is 7. The Morgan fingerprint density at radius 3 is 2.08 bits per heavy atom. The number of benzene rings is 2. The Morgan fingerprint density at radius 2 is 1.52 bits per heavy atom. The smallest absolute Gasteiger partial charge is 0.222 e. The number of terminal acetylenes is 1. The Morgan fingerprint density at radius 1 is 0.896 bits per heavy atom. The first kappa shape index (κ1) is 36.0. The van der Waals surface area contributed by atoms with Crippen LogP contribution < -0.4 is 0 Å². The number of rotatable bonds is 3. The van der Waals surface area contributed by atoms with Gasteiger partial charge in [0.05, 0.1) is 31.5 Å². The first-order valence-corrected chi connectivity index (χ1v) is 16.5. The van der Waals surface area contributed by atoms with Crippen LogP contribution in [-0.4, -0.2) is 128 Å². The molecule has 3 saturated heterocycles. The number of hydrogen-bond donors (Lipinski definition) is 7. The minimum Gasteiger partial charge on any atom is -0.394 e. The number of likely N-dealkylation sites (tertiary alicyclic amines) is 1. The summed E-state index contributed by atoms with van der Waals surface area (Å²) in [4.78, 5) is 14.3. The fourth-order valence-electron chi connectivity index (χ4n) is 7.22. The van der Waals surface area contributed by atoms with Gasteiger partial charge in [-0.05, 0) is 66.3 Å². The van der Waals surface area contributed by atoms with E-state index in [-0.39, 0.29) is 24.0 Å². The third kappa shape index (κ3) is 6.89. The fourth-order valence-corrected chi connectivity index (χ4v) is 7.22. The molecule has 0 bridgehead atoms. The molecule has 1 spiro atoms. The van der Waals surface area contributed by atoms with Crippen LogP contribution >= 0.6 is 0 Å². The topological polar surface area (TPSA) is 180 Å². The molecule has 0 saturated carbocycles. The van der Waals surface area contributed by atoms with E-state index in [4.69, 9.17) is 21.0 Å². The number of carbonyl (C=O) groups is 1. The highest BCUT2D eigenvalue weighted by Gasteiger charge is 2.46. The van der Waals surface area contributed by atoms with Crippen molar-refractivity contribution in [2.75, 3.05) is 26.3 Å². The summed E-state index contributed by atoms with van der Waals surface area (Å²) in [5, 5.41) is 67.0. The molecular weight excluding hydrogens is 618 g/mol. The third-order valence-electron chi connectivity index (χ3n) is 10.0. The van der Waals surface area contributed by atoms with Crippen LogP contribution in [0.25, 0.3) is 11.1 Å². The van der Waals surface area contributed by atoms with Crippen molar-refractivity contribution in [2.45, 2.75) is 99.9 Å². The number of hydrogen-bond acceptors (Lipinski definition) is 10. The van der Waals surface area contributed by atoms with E-state index < -0.39 is 55.4 Å². The molecule has 2 aromatic rings. The van der Waals surface area contributed by atoms with Crippen molar-refractivity contribution in [3.63, 3.8) is 0 Å². The Hall–Kier alpha value is -3.33. The predicted molar refractivity (Wildman–Crippen MR) is 175 cm³/mol. The normalized spacial score (nSPS) is 31.8. The Bertz CT molecular complexity index is 1550. The van der Waals surface area contributed by atoms with E-state index in [2.05, 4.69) is 36.0 Å². The van der Waals surface area contributed by atoms with Crippen LogP contribution in [0.3, 0.4) is 0 Å². The molecular formula is C37H45NO10. The first-order valence-electron chi connectivity index (χ1n) is 16.5. The van der Waals surface area contributed by atoms with Crippen molar-refractivity contribution in [1.82, 2.24) is 4.90 Å². The molecule has 6 rings (SSSR count). The molecule has 0 radical (unpaired) electrons. The van der Waals surface area contributed by atoms with E-state index in [1.54, 1.807) is 6.92 Å². The molecule has 11 nitrogen and oxygen atoms in total. The Kier molecular flexibility index (Phi) is 11.3. The lowest BCUT2D eigenvalue weighted by atomic mass is 9.70. The molecule has 3 fully saturated rings. The van der Waals surface area contributed by atoms with E-state index in [1.807, 2.05) is 30.0 Å². The van der Waals surface area contributed by atoms with Gasteiger partial charge in [0.15, 0.2) is 0 Å². The van der Waals surface area contributed by atoms with Gasteiger partial charge in [-0.15, -0.1) is 6.42 Å². The van der Waals surface area contributed by atoms with Crippen molar-refractivity contribution in [1.29, 1.82) is 0 Å². The van der Waals surface area contributed by atoms with Gasteiger partial charge in [-0.25, -0.2) is 0 Å². The lowest BCUT2D eigenvalue weighted by molar-refractivity contribution is -0.214. The van der Waals surface area contributed by atoms with Crippen LogP contribution in [0.15, 0.2) is 36.4 Å². The Labute approximate surface area is 280 Å². The van der Waals surface area contributed by atoms with E-state index in [0.717, 1.165) is 35.1 Å². The zero-order valence-corrected chi connectivity index (χ0v) is 27.2. The number of aliphatic hydroxyl groups excluding tert-OH is 7. The average molecular weight is 664 g/mol. The predicted octanol–water partition coefficient (Wildman–Crippen LogP) is 0.0386. The van der Waals surface area contributed by atoms with E-state index in [9.17, 15) is 35.4 Å². The highest BCUT2D eigenvalue weighted by molar-refractivity contribution is 5.83. The molecule has 1 aliphatic carbocycles. The van der Waals surface area contributed by atoms with Crippen LogP contribution in [0.4, 0.5) is 0 Å². The molecule has 9 atom stereocenters. The van der Waals surface area contributed by atoms with Crippen LogP contribution in [0.5, 0.6) is 0 Å². The van der Waals surface area contributed by atoms with Crippen molar-refractivity contribution in [2.24, 2.45) is 0 Å². The third-order valence-corrected chi connectivity index (χ3v) is 10.0. The molecule has 7 unspecified atom stereocenters. The van der Waals surface area contributed by atoms with Crippen molar-refractivity contribution in [3.05, 3.63) is 58.7 Å². The summed E-state index contributed by atoms with van der Waals surface area (Å²) in [6.07, 6.45) is -0.599. The van der Waals surface area contributed by atoms with Crippen LogP contribution in [-0.2, 0) is 19.7 Å². The zero-order chi connectivity index (χ0) is 34.7. The molecule has 7 N–H and O–H groups in total. The monoisotopic (exact) mass is 663 g/mol. The quantitative estimate of drug-likeness (QED) is 0.222. The van der Waals surface area contributed by atoms with Crippen LogP contribution in [0.1, 0.15) is 61.8 Å². The number of carbonyl (C=O) groups excluding carboxylic acids is 1. The van der Waals surface area contributed by atoms with E-state index in [1.165, 1.54) is 5.56 Å². The van der Waals surface area contributed by atoms with Crippen molar-refractivity contribution < 1.29 is 50.0 Å². The number of nitrogens with zero attached hydrogens (tertiary/aromatic N) is 1. The van der Waals surface area contributed by atoms with Gasteiger partial charge in [0.2, 0.25) is 5.91 Å². The van der Waals surface area contributed by atoms with Gasteiger partial charge < -0.3 is 50.1 Å². The van der Waals surface area contributed by atoms with Crippen molar-refractivity contribution in [3.8, 4) is 35.3 Å². The number of fused-ring (bicyclic) bond motifs is 5. The molecule has 0 aromatic heterocycles. The van der Waals surface area contributed by atoms with E-state index in [0.29, 0.717) is 31.5 Å². The van der Waals surface area contributed by atoms with Gasteiger partial charge in [-0.1, -0.05) is 36.8 Å². The first-order chi connectivity index (χ1) is 23.0. The van der Waals surface area contributed by atoms with Gasteiger partial charge in [0.25, 0.3) is 0 Å². The molecule has 3 aliphatic heterocycles. The summed E-state index contributed by atoms with van der Waals surface area (Å²) in [6, 6.07) is 12.1. The maximum absolute atomic E-state index is 12.4. The van der Waals surface area contributed by atoms with Gasteiger partial charge in [0, 0.05) is 42.5 Å². The summed E-state index contributed by atoms with van der Waals surface area (Å²) in [5.74, 6) is 8.83. The van der Waals surface area contributed by atoms with E-state index >= 15 is 0 Å². The second-order valence-electron chi connectivity index (χ2n) is 12.9. The Balaban J connectivity index is 0.000000349. The lowest BCUT2D eigenvalue weighted by Gasteiger charge is -2.41. The largest absolute Gasteiger partial charge is 0.394 e. The SMILES string of the molecule is C#Cc1ccc2c(c1)C1(CCN(C(=O)CC)CC1)c1cc(C#CC3OC(CO)[C@@H](O)C(O)C3O)ccc1-2.C[C@H]1OC(CO)CC(O)C1O. The lowest BCUT2D eigenvalue weighted by Crippen LogP contribution is -2.58. The average Bonchev–Trinajstić information content (AvgIpc) is 3.36. The molecule has 258 valence electrons. The van der Waals surface area contributed by atoms with Crippen LogP contribution in [0.2, 0.25) is 0 Å². The number of ether oxygens (including phenoxy) is 2. The molecule has 2 aromatic carbocycles. The summed E-state index contributed by atoms with van der Waals surface area (Å²) in [6.45, 7) is 4.27. The van der Waals surface area contributed by atoms with Gasteiger partial charge in [-0.3, -0.25) is 4.79 Å². The van der Waals surface area contributed by atoms with Gasteiger partial charge in [-0.2, -0.15) is 0 Å². The summed E-state index contributed by atoms with van der Waals surface area (Å²) >= 11 is 0. The van der Waals surface area contributed by atoms with Crippen LogP contribution in [0, 0.1) is 24.2 Å². The second-order valence-corrected chi connectivity index (χ2v) is 12.9. The maximum Gasteiger partial charge on any atom is 0.222 e. The minimum atomic E-state index is -1.47. The highest BCUT2D eigenvalue weighted by Crippen LogP contribution is 2.54.